The van der Waals surface area contributed by atoms with Crippen LogP contribution in [-0.2, 0) is 26.2 Å². The van der Waals surface area contributed by atoms with Crippen molar-refractivity contribution in [2.45, 2.75) is 44.2 Å². The lowest BCUT2D eigenvalue weighted by atomic mass is 10.1. The van der Waals surface area contributed by atoms with Crippen LogP contribution in [0.25, 0.3) is 0 Å². The Labute approximate surface area is 250 Å². The Morgan fingerprint density at radius 1 is 1.00 bits per heavy atom. The maximum Gasteiger partial charge on any atom is 0.264 e. The van der Waals surface area contributed by atoms with Gasteiger partial charge in [0.15, 0.2) is 0 Å². The Bertz CT molecular complexity index is 1430. The maximum atomic E-state index is 13.9. The predicted octanol–water partition coefficient (Wildman–Crippen LogP) is 5.67. The molecule has 2 amide bonds. The number of hydrogen-bond donors (Lipinski definition) is 1. The lowest BCUT2D eigenvalue weighted by molar-refractivity contribution is -0.139. The first-order valence-electron chi connectivity index (χ1n) is 12.9. The molecule has 1 atom stereocenters. The molecule has 0 bridgehead atoms. The number of carbonyl (C=O) groups is 2. The number of nitrogens with one attached hydrogen (secondary N) is 1. The molecule has 0 heterocycles. The third-order valence-corrected chi connectivity index (χ3v) is 8.92. The molecule has 3 aromatic rings. The molecule has 8 nitrogen and oxygen atoms in total. The van der Waals surface area contributed by atoms with Gasteiger partial charge in [-0.15, -0.1) is 0 Å². The van der Waals surface area contributed by atoms with E-state index < -0.39 is 40.2 Å². The van der Waals surface area contributed by atoms with E-state index in [4.69, 9.17) is 27.9 Å². The van der Waals surface area contributed by atoms with Crippen molar-refractivity contribution in [1.29, 1.82) is 0 Å². The van der Waals surface area contributed by atoms with Crippen molar-refractivity contribution in [3.05, 3.63) is 88.2 Å². The van der Waals surface area contributed by atoms with Gasteiger partial charge >= 0.3 is 0 Å². The summed E-state index contributed by atoms with van der Waals surface area (Å²) in [6.07, 6.45) is 1.61. The number of nitrogens with zero attached hydrogens (tertiary/aromatic N) is 2. The van der Waals surface area contributed by atoms with Crippen molar-refractivity contribution in [2.75, 3.05) is 24.5 Å². The molecule has 220 valence electrons. The van der Waals surface area contributed by atoms with Gasteiger partial charge in [0, 0.05) is 28.7 Å². The molecule has 41 heavy (non-hydrogen) atoms. The number of carbonyl (C=O) groups excluding carboxylic acids is 2. The number of amides is 2. The van der Waals surface area contributed by atoms with Gasteiger partial charge in [-0.1, -0.05) is 42.6 Å². The number of halogens is 3. The summed E-state index contributed by atoms with van der Waals surface area (Å²) in [6.45, 7) is 3.11. The number of hydrogen-bond acceptors (Lipinski definition) is 5. The topological polar surface area (TPSA) is 96.0 Å². The molecule has 12 heteroatoms. The highest BCUT2D eigenvalue weighted by atomic mass is 35.5. The van der Waals surface area contributed by atoms with Gasteiger partial charge in [0.05, 0.1) is 17.7 Å². The molecule has 0 spiro atoms. The van der Waals surface area contributed by atoms with E-state index in [1.54, 1.807) is 25.1 Å². The third-order valence-electron chi connectivity index (χ3n) is 6.43. The third kappa shape index (κ3) is 8.12. The Hall–Kier alpha value is -3.34. The van der Waals surface area contributed by atoms with E-state index in [2.05, 4.69) is 5.32 Å². The van der Waals surface area contributed by atoms with E-state index in [1.165, 1.54) is 48.4 Å². The molecule has 1 unspecified atom stereocenters. The molecule has 0 aliphatic carbocycles. The monoisotopic (exact) mass is 623 g/mol. The van der Waals surface area contributed by atoms with E-state index in [-0.39, 0.29) is 27.2 Å². The minimum atomic E-state index is -4.32. The summed E-state index contributed by atoms with van der Waals surface area (Å²) in [5.41, 5.74) is 0.468. The van der Waals surface area contributed by atoms with Gasteiger partial charge in [-0.25, -0.2) is 12.8 Å². The molecular weight excluding hydrogens is 592 g/mol. The summed E-state index contributed by atoms with van der Waals surface area (Å²) in [5.74, 6) is -1.24. The zero-order valence-corrected chi connectivity index (χ0v) is 25.3. The molecule has 0 aliphatic rings. The summed E-state index contributed by atoms with van der Waals surface area (Å²) < 4.78 is 47.4. The smallest absolute Gasteiger partial charge is 0.264 e. The number of unbranched alkanes of at least 4 members (excludes halogenated alkanes) is 1. The molecule has 0 aliphatic heterocycles. The van der Waals surface area contributed by atoms with Crippen LogP contribution in [0.4, 0.5) is 10.1 Å². The lowest BCUT2D eigenvalue weighted by Crippen LogP contribution is -2.51. The van der Waals surface area contributed by atoms with Crippen molar-refractivity contribution in [3.8, 4) is 5.75 Å². The van der Waals surface area contributed by atoms with Crippen LogP contribution in [0, 0.1) is 5.82 Å². The van der Waals surface area contributed by atoms with E-state index in [9.17, 15) is 22.4 Å². The van der Waals surface area contributed by atoms with E-state index in [1.807, 2.05) is 6.92 Å². The molecule has 0 aromatic heterocycles. The van der Waals surface area contributed by atoms with E-state index in [0.717, 1.165) is 29.3 Å². The quantitative estimate of drug-likeness (QED) is 0.248. The van der Waals surface area contributed by atoms with Crippen LogP contribution in [0.3, 0.4) is 0 Å². The molecular formula is C29H32Cl2FN3O5S. The largest absolute Gasteiger partial charge is 0.497 e. The van der Waals surface area contributed by atoms with Gasteiger partial charge in [-0.05, 0) is 74.0 Å². The first kappa shape index (κ1) is 32.2. The van der Waals surface area contributed by atoms with Crippen LogP contribution in [0.1, 0.15) is 32.3 Å². The zero-order chi connectivity index (χ0) is 30.2. The Kier molecular flexibility index (Phi) is 11.4. The van der Waals surface area contributed by atoms with Crippen LogP contribution >= 0.6 is 23.2 Å². The van der Waals surface area contributed by atoms with Crippen LogP contribution in [0.5, 0.6) is 5.75 Å². The molecule has 1 N–H and O–H groups in total. The van der Waals surface area contributed by atoms with Gasteiger partial charge < -0.3 is 15.0 Å². The number of anilines is 1. The first-order chi connectivity index (χ1) is 19.5. The predicted molar refractivity (Wildman–Crippen MR) is 158 cm³/mol. The van der Waals surface area contributed by atoms with Crippen molar-refractivity contribution >= 4 is 50.7 Å². The number of benzene rings is 3. The fourth-order valence-corrected chi connectivity index (χ4v) is 5.91. The number of rotatable bonds is 13. The molecule has 3 rings (SSSR count). The van der Waals surface area contributed by atoms with Crippen LogP contribution in [0.15, 0.2) is 71.6 Å². The molecule has 0 radical (unpaired) electrons. The summed E-state index contributed by atoms with van der Waals surface area (Å²) in [7, 11) is -2.87. The van der Waals surface area contributed by atoms with Crippen molar-refractivity contribution in [2.24, 2.45) is 0 Å². The maximum absolute atomic E-state index is 13.9. The second-order valence-electron chi connectivity index (χ2n) is 9.21. The van der Waals surface area contributed by atoms with Crippen LogP contribution < -0.4 is 14.4 Å². The van der Waals surface area contributed by atoms with Crippen molar-refractivity contribution in [3.63, 3.8) is 0 Å². The highest BCUT2D eigenvalue weighted by molar-refractivity contribution is 7.92. The Morgan fingerprint density at radius 2 is 1.61 bits per heavy atom. The standard InChI is InChI=1S/C29H32Cl2FN3O5S/c1-4-5-17-33-29(37)20(2)34(18-25-26(30)7-6-8-27(25)31)28(36)19-35(22-11-9-21(32)10-12-22)41(38,39)24-15-13-23(40-3)14-16-24/h6-16,20H,4-5,17-19H2,1-3H3,(H,33,37). The summed E-state index contributed by atoms with van der Waals surface area (Å²) in [4.78, 5) is 28.1. The minimum Gasteiger partial charge on any atom is -0.497 e. The van der Waals surface area contributed by atoms with E-state index in [0.29, 0.717) is 17.9 Å². The highest BCUT2D eigenvalue weighted by Crippen LogP contribution is 2.29. The van der Waals surface area contributed by atoms with Gasteiger partial charge in [0.2, 0.25) is 11.8 Å². The SMILES string of the molecule is CCCCNC(=O)C(C)N(Cc1c(Cl)cccc1Cl)C(=O)CN(c1ccc(F)cc1)S(=O)(=O)c1ccc(OC)cc1. The van der Waals surface area contributed by atoms with Gasteiger partial charge in [0.25, 0.3) is 10.0 Å². The normalized spacial score (nSPS) is 12.0. The average Bonchev–Trinajstić information content (AvgIpc) is 2.96. The van der Waals surface area contributed by atoms with Gasteiger partial charge in [0.1, 0.15) is 24.2 Å². The molecule has 0 fully saturated rings. The zero-order valence-electron chi connectivity index (χ0n) is 22.9. The second kappa shape index (κ2) is 14.5. The first-order valence-corrected chi connectivity index (χ1v) is 15.1. The number of methoxy groups -OCH3 is 1. The summed E-state index contributed by atoms with van der Waals surface area (Å²) >= 11 is 12.8. The fraction of sp³-hybridized carbons (Fsp3) is 0.310. The second-order valence-corrected chi connectivity index (χ2v) is 11.9. The Morgan fingerprint density at radius 3 is 2.17 bits per heavy atom. The summed E-state index contributed by atoms with van der Waals surface area (Å²) in [6, 6.07) is 14.2. The van der Waals surface area contributed by atoms with Gasteiger partial charge in [-0.3, -0.25) is 13.9 Å². The lowest BCUT2D eigenvalue weighted by Gasteiger charge is -2.32. The van der Waals surface area contributed by atoms with Crippen molar-refractivity contribution in [1.82, 2.24) is 10.2 Å². The minimum absolute atomic E-state index is 0.0614. The average molecular weight is 625 g/mol. The van der Waals surface area contributed by atoms with Crippen molar-refractivity contribution < 1.29 is 27.1 Å². The Balaban J connectivity index is 2.03. The molecule has 0 saturated heterocycles. The highest BCUT2D eigenvalue weighted by Gasteiger charge is 2.33. The van der Waals surface area contributed by atoms with Crippen LogP contribution in [-0.4, -0.2) is 51.4 Å². The van der Waals surface area contributed by atoms with Gasteiger partial charge in [-0.2, -0.15) is 0 Å². The number of sulfonamides is 1. The number of ether oxygens (including phenoxy) is 1. The fourth-order valence-electron chi connectivity index (χ4n) is 3.98. The molecule has 0 saturated carbocycles. The molecule has 3 aromatic carbocycles. The van der Waals surface area contributed by atoms with E-state index >= 15 is 0 Å². The summed E-state index contributed by atoms with van der Waals surface area (Å²) in [5, 5.41) is 3.38. The van der Waals surface area contributed by atoms with Crippen LogP contribution in [0.2, 0.25) is 10.0 Å².